The summed E-state index contributed by atoms with van der Waals surface area (Å²) in [5, 5.41) is 8.20. The summed E-state index contributed by atoms with van der Waals surface area (Å²) >= 11 is 0. The number of morpholine rings is 1. The molecule has 1 saturated heterocycles. The highest BCUT2D eigenvalue weighted by atomic mass is 16.5. The van der Waals surface area contributed by atoms with Crippen LogP contribution in [0.4, 0.5) is 0 Å². The Bertz CT molecular complexity index is 854. The second-order valence-electron chi connectivity index (χ2n) is 8.86. The number of hydrogen-bond donors (Lipinski definition) is 2. The summed E-state index contributed by atoms with van der Waals surface area (Å²) in [5.74, 6) is 0.662. The Balaban J connectivity index is 1.50. The van der Waals surface area contributed by atoms with Crippen LogP contribution < -0.4 is 10.6 Å². The van der Waals surface area contributed by atoms with E-state index in [-0.39, 0.29) is 18.0 Å². The molecule has 158 valence electrons. The summed E-state index contributed by atoms with van der Waals surface area (Å²) in [6.07, 6.45) is 3.94. The molecular formula is C23H34N4O2. The molecule has 6 nitrogen and oxygen atoms in total. The van der Waals surface area contributed by atoms with Gasteiger partial charge >= 0.3 is 0 Å². The summed E-state index contributed by atoms with van der Waals surface area (Å²) < 4.78 is 7.59. The summed E-state index contributed by atoms with van der Waals surface area (Å²) in [4.78, 5) is 15.4. The van der Waals surface area contributed by atoms with Crippen LogP contribution in [0.5, 0.6) is 0 Å². The van der Waals surface area contributed by atoms with Crippen molar-refractivity contribution in [1.29, 1.82) is 0 Å². The normalized spacial score (nSPS) is 22.8. The smallest absolute Gasteiger partial charge is 0.237 e. The lowest BCUT2D eigenvalue weighted by molar-refractivity contribution is -0.123. The van der Waals surface area contributed by atoms with E-state index in [1.165, 1.54) is 22.0 Å². The van der Waals surface area contributed by atoms with E-state index in [0.29, 0.717) is 12.5 Å². The molecule has 2 N–H and O–H groups in total. The zero-order valence-corrected chi connectivity index (χ0v) is 17.9. The highest BCUT2D eigenvalue weighted by Gasteiger charge is 2.30. The molecule has 0 bridgehead atoms. The van der Waals surface area contributed by atoms with Gasteiger partial charge in [0.2, 0.25) is 5.91 Å². The van der Waals surface area contributed by atoms with Gasteiger partial charge in [-0.05, 0) is 36.0 Å². The molecule has 2 aliphatic heterocycles. The number of nitrogens with one attached hydrogen (secondary N) is 2. The van der Waals surface area contributed by atoms with Gasteiger partial charge in [-0.1, -0.05) is 26.0 Å². The van der Waals surface area contributed by atoms with Crippen LogP contribution in [0.25, 0.3) is 10.9 Å². The maximum absolute atomic E-state index is 13.1. The van der Waals surface area contributed by atoms with Gasteiger partial charge in [-0.25, -0.2) is 0 Å². The molecule has 0 unspecified atom stereocenters. The monoisotopic (exact) mass is 398 g/mol. The minimum atomic E-state index is -0.207. The number of hydrogen-bond acceptors (Lipinski definition) is 4. The third kappa shape index (κ3) is 4.49. The van der Waals surface area contributed by atoms with Gasteiger partial charge in [0.05, 0.1) is 19.3 Å². The number of ether oxygens (including phenoxy) is 1. The molecule has 29 heavy (non-hydrogen) atoms. The standard InChI is InChI=1S/C23H34N4O2/c1-16(2)13-19-18-5-4-6-21-22(18)17(15-26(21)3)14-20(25-19)23(28)24-7-8-27-9-11-29-12-10-27/h4-6,15-16,19-20,25H,7-14H2,1-3H3,(H,24,28)/t19-,20-/m0/s1. The van der Waals surface area contributed by atoms with Crippen molar-refractivity contribution in [3.05, 3.63) is 35.5 Å². The van der Waals surface area contributed by atoms with Crippen LogP contribution in [0.1, 0.15) is 37.4 Å². The van der Waals surface area contributed by atoms with Gasteiger partial charge in [-0.3, -0.25) is 15.0 Å². The summed E-state index contributed by atoms with van der Waals surface area (Å²) in [7, 11) is 2.10. The minimum absolute atomic E-state index is 0.108. The fourth-order valence-corrected chi connectivity index (χ4v) is 4.75. The fourth-order valence-electron chi connectivity index (χ4n) is 4.75. The van der Waals surface area contributed by atoms with E-state index in [1.807, 2.05) is 0 Å². The van der Waals surface area contributed by atoms with Gasteiger partial charge < -0.3 is 14.6 Å². The van der Waals surface area contributed by atoms with Crippen LogP contribution in [-0.2, 0) is 23.0 Å². The van der Waals surface area contributed by atoms with Crippen LogP contribution in [-0.4, -0.2) is 60.8 Å². The average molecular weight is 399 g/mol. The Hall–Kier alpha value is -1.89. The first-order chi connectivity index (χ1) is 14.0. The highest BCUT2D eigenvalue weighted by molar-refractivity contribution is 5.90. The van der Waals surface area contributed by atoms with Gasteiger partial charge in [-0.2, -0.15) is 0 Å². The van der Waals surface area contributed by atoms with Gasteiger partial charge in [0, 0.05) is 56.4 Å². The highest BCUT2D eigenvalue weighted by Crippen LogP contribution is 2.35. The first-order valence-corrected chi connectivity index (χ1v) is 10.9. The third-order valence-electron chi connectivity index (χ3n) is 6.18. The van der Waals surface area contributed by atoms with Crippen LogP contribution in [0.2, 0.25) is 0 Å². The van der Waals surface area contributed by atoms with Crippen molar-refractivity contribution < 1.29 is 9.53 Å². The second-order valence-corrected chi connectivity index (χ2v) is 8.86. The minimum Gasteiger partial charge on any atom is -0.379 e. The topological polar surface area (TPSA) is 58.5 Å². The third-order valence-corrected chi connectivity index (χ3v) is 6.18. The summed E-state index contributed by atoms with van der Waals surface area (Å²) in [6.45, 7) is 9.54. The van der Waals surface area contributed by atoms with E-state index < -0.39 is 0 Å². The van der Waals surface area contributed by atoms with E-state index in [0.717, 1.165) is 45.7 Å². The number of aromatic nitrogens is 1. The summed E-state index contributed by atoms with van der Waals surface area (Å²) in [6, 6.07) is 6.53. The number of rotatable bonds is 6. The molecule has 1 aromatic carbocycles. The second kappa shape index (κ2) is 8.86. The van der Waals surface area contributed by atoms with Crippen LogP contribution in [0, 0.1) is 5.92 Å². The van der Waals surface area contributed by atoms with Crippen molar-refractivity contribution in [2.24, 2.45) is 13.0 Å². The molecule has 2 atom stereocenters. The molecule has 4 rings (SSSR count). The Morgan fingerprint density at radius 2 is 2.10 bits per heavy atom. The van der Waals surface area contributed by atoms with E-state index in [1.54, 1.807) is 0 Å². The molecule has 3 heterocycles. The SMILES string of the molecule is CC(C)C[C@@H]1N[C@H](C(=O)NCCN2CCOCC2)Cc2cn(C)c3cccc1c23. The molecule has 1 amide bonds. The number of carbonyl (C=O) groups is 1. The number of amides is 1. The molecule has 0 spiro atoms. The quantitative estimate of drug-likeness (QED) is 0.784. The number of carbonyl (C=O) groups excluding carboxylic acids is 1. The van der Waals surface area contributed by atoms with E-state index in [4.69, 9.17) is 4.74 Å². The van der Waals surface area contributed by atoms with Crippen molar-refractivity contribution in [2.45, 2.75) is 38.8 Å². The predicted molar refractivity (Wildman–Crippen MR) is 116 cm³/mol. The molecule has 0 radical (unpaired) electrons. The van der Waals surface area contributed by atoms with Crippen molar-refractivity contribution in [3.63, 3.8) is 0 Å². The van der Waals surface area contributed by atoms with Gasteiger partial charge in [0.15, 0.2) is 0 Å². The van der Waals surface area contributed by atoms with Crippen molar-refractivity contribution >= 4 is 16.8 Å². The molecular weight excluding hydrogens is 364 g/mol. The zero-order valence-electron chi connectivity index (χ0n) is 17.9. The summed E-state index contributed by atoms with van der Waals surface area (Å²) in [5.41, 5.74) is 3.85. The Labute approximate surface area is 173 Å². The lowest BCUT2D eigenvalue weighted by Gasteiger charge is -2.27. The average Bonchev–Trinajstić information content (AvgIpc) is 2.94. The number of nitrogens with zero attached hydrogens (tertiary/aromatic N) is 2. The molecule has 0 saturated carbocycles. The lowest BCUT2D eigenvalue weighted by Crippen LogP contribution is -2.48. The molecule has 6 heteroatoms. The van der Waals surface area contributed by atoms with Crippen LogP contribution >= 0.6 is 0 Å². The molecule has 1 aromatic heterocycles. The molecule has 2 aliphatic rings. The number of benzene rings is 1. The van der Waals surface area contributed by atoms with E-state index in [2.05, 4.69) is 65.4 Å². The Morgan fingerprint density at radius 3 is 2.86 bits per heavy atom. The van der Waals surface area contributed by atoms with Crippen molar-refractivity contribution in [1.82, 2.24) is 20.1 Å². The predicted octanol–water partition coefficient (Wildman–Crippen LogP) is 2.23. The van der Waals surface area contributed by atoms with Crippen LogP contribution in [0.15, 0.2) is 24.4 Å². The lowest BCUT2D eigenvalue weighted by atomic mass is 9.94. The number of aryl methyl sites for hydroxylation is 1. The largest absolute Gasteiger partial charge is 0.379 e. The zero-order chi connectivity index (χ0) is 20.4. The molecule has 1 fully saturated rings. The maximum atomic E-state index is 13.1. The first kappa shape index (κ1) is 20.4. The molecule has 2 aromatic rings. The van der Waals surface area contributed by atoms with Crippen molar-refractivity contribution in [3.8, 4) is 0 Å². The van der Waals surface area contributed by atoms with E-state index >= 15 is 0 Å². The Kier molecular flexibility index (Phi) is 6.23. The van der Waals surface area contributed by atoms with E-state index in [9.17, 15) is 4.79 Å². The maximum Gasteiger partial charge on any atom is 0.237 e. The van der Waals surface area contributed by atoms with Gasteiger partial charge in [-0.15, -0.1) is 0 Å². The van der Waals surface area contributed by atoms with Crippen molar-refractivity contribution in [2.75, 3.05) is 39.4 Å². The van der Waals surface area contributed by atoms with Gasteiger partial charge in [0.1, 0.15) is 0 Å². The van der Waals surface area contributed by atoms with Gasteiger partial charge in [0.25, 0.3) is 0 Å². The first-order valence-electron chi connectivity index (χ1n) is 10.9. The molecule has 0 aliphatic carbocycles. The Morgan fingerprint density at radius 1 is 1.31 bits per heavy atom. The van der Waals surface area contributed by atoms with Crippen LogP contribution in [0.3, 0.4) is 0 Å². The fraction of sp³-hybridized carbons (Fsp3) is 0.609.